The molecule has 1 aromatic rings. The van der Waals surface area contributed by atoms with Gasteiger partial charge in [0, 0.05) is 6.20 Å². The number of pyridine rings is 1. The van der Waals surface area contributed by atoms with E-state index in [1.807, 2.05) is 0 Å². The van der Waals surface area contributed by atoms with Crippen LogP contribution in [0.5, 0.6) is 0 Å². The van der Waals surface area contributed by atoms with Gasteiger partial charge >= 0.3 is 12.4 Å². The number of carboxylic acid groups (broad SMARTS) is 1. The summed E-state index contributed by atoms with van der Waals surface area (Å²) in [5.74, 6) is -2.97. The predicted molar refractivity (Wildman–Crippen MR) is 45.8 cm³/mol. The fourth-order valence-electron chi connectivity index (χ4n) is 0.864. The number of anilines is 1. The third-order valence-electron chi connectivity index (χ3n) is 1.47. The van der Waals surface area contributed by atoms with E-state index >= 15 is 0 Å². The molecular weight excluding hydrogens is 210 g/mol. The van der Waals surface area contributed by atoms with Gasteiger partial charge in [-0.15, -0.1) is 0 Å². The van der Waals surface area contributed by atoms with Crippen LogP contribution in [0.15, 0.2) is 18.3 Å². The highest BCUT2D eigenvalue weighted by Gasteiger charge is 2.19. The molecule has 0 saturated heterocycles. The van der Waals surface area contributed by atoms with Gasteiger partial charge in [0.2, 0.25) is 0 Å². The average molecular weight is 216 g/mol. The van der Waals surface area contributed by atoms with Crippen molar-refractivity contribution in [3.8, 4) is 0 Å². The third kappa shape index (κ3) is 2.70. The van der Waals surface area contributed by atoms with E-state index in [0.717, 1.165) is 0 Å². The molecule has 0 spiro atoms. The normalized spacial score (nSPS) is 10.1. The zero-order valence-corrected chi connectivity index (χ0v) is 7.28. The molecule has 0 aliphatic rings. The number of aromatic nitrogens is 1. The predicted octanol–water partition coefficient (Wildman–Crippen LogP) is 0.983. The molecule has 2 N–H and O–H groups in total. The van der Waals surface area contributed by atoms with E-state index in [1.165, 1.54) is 18.3 Å². The highest BCUT2D eigenvalue weighted by molar-refractivity contribution is 6.00. The van der Waals surface area contributed by atoms with Crippen molar-refractivity contribution in [1.29, 1.82) is 0 Å². The van der Waals surface area contributed by atoms with Crippen molar-refractivity contribution < 1.29 is 23.5 Å². The van der Waals surface area contributed by atoms with E-state index in [0.29, 0.717) is 0 Å². The number of aromatic carboxylic acids is 1. The van der Waals surface area contributed by atoms with E-state index in [2.05, 4.69) is 4.98 Å². The molecule has 7 heteroatoms. The highest BCUT2D eigenvalue weighted by Crippen LogP contribution is 2.12. The van der Waals surface area contributed by atoms with Crippen LogP contribution in [0.1, 0.15) is 10.5 Å². The smallest absolute Gasteiger partial charge is 0.356 e. The number of nitrogens with one attached hydrogen (secondary N) is 1. The number of alkyl halides is 2. The Balaban J connectivity index is 2.94. The monoisotopic (exact) mass is 216 g/mol. The van der Waals surface area contributed by atoms with E-state index in [4.69, 9.17) is 5.11 Å². The molecular formula is C8H6F2N2O3. The Kier molecular flexibility index (Phi) is 3.27. The first-order valence-electron chi connectivity index (χ1n) is 3.79. The second-order valence-electron chi connectivity index (χ2n) is 2.49. The van der Waals surface area contributed by atoms with Crippen molar-refractivity contribution in [1.82, 2.24) is 4.98 Å². The molecule has 5 nitrogen and oxygen atoms in total. The minimum absolute atomic E-state index is 0.254. The van der Waals surface area contributed by atoms with Gasteiger partial charge in [0.1, 0.15) is 0 Å². The minimum Gasteiger partial charge on any atom is -0.476 e. The van der Waals surface area contributed by atoms with E-state index in [1.54, 1.807) is 5.32 Å². The number of hydrogen-bond donors (Lipinski definition) is 2. The summed E-state index contributed by atoms with van der Waals surface area (Å²) >= 11 is 0. The van der Waals surface area contributed by atoms with Gasteiger partial charge in [-0.25, -0.2) is 9.78 Å². The van der Waals surface area contributed by atoms with E-state index < -0.39 is 24.0 Å². The van der Waals surface area contributed by atoms with Crippen LogP contribution in [0.25, 0.3) is 0 Å². The number of halogens is 2. The van der Waals surface area contributed by atoms with Crippen LogP contribution >= 0.6 is 0 Å². The SMILES string of the molecule is O=C(O)c1ncccc1NC(=O)C(F)F. The summed E-state index contributed by atoms with van der Waals surface area (Å²) in [6.45, 7) is 0. The van der Waals surface area contributed by atoms with E-state index in [-0.39, 0.29) is 5.69 Å². The summed E-state index contributed by atoms with van der Waals surface area (Å²) < 4.78 is 23.7. The van der Waals surface area contributed by atoms with Crippen LogP contribution in [0.4, 0.5) is 14.5 Å². The number of carbonyl (C=O) groups excluding carboxylic acids is 1. The van der Waals surface area contributed by atoms with Crippen LogP contribution in [-0.2, 0) is 4.79 Å². The number of amides is 1. The summed E-state index contributed by atoms with van der Waals surface area (Å²) in [7, 11) is 0. The molecule has 1 aromatic heterocycles. The highest BCUT2D eigenvalue weighted by atomic mass is 19.3. The summed E-state index contributed by atoms with van der Waals surface area (Å²) in [4.78, 5) is 24.6. The molecule has 0 atom stereocenters. The van der Waals surface area contributed by atoms with E-state index in [9.17, 15) is 18.4 Å². The Morgan fingerprint density at radius 1 is 1.47 bits per heavy atom. The molecule has 0 fully saturated rings. The molecule has 0 aliphatic heterocycles. The quantitative estimate of drug-likeness (QED) is 0.789. The Labute approximate surface area is 82.7 Å². The van der Waals surface area contributed by atoms with Crippen LogP contribution in [0, 0.1) is 0 Å². The molecule has 1 heterocycles. The lowest BCUT2D eigenvalue weighted by molar-refractivity contribution is -0.126. The second-order valence-corrected chi connectivity index (χ2v) is 2.49. The van der Waals surface area contributed by atoms with Crippen molar-refractivity contribution in [2.24, 2.45) is 0 Å². The first-order chi connectivity index (χ1) is 7.02. The number of hydrogen-bond acceptors (Lipinski definition) is 3. The first kappa shape index (κ1) is 11.0. The maximum Gasteiger partial charge on any atom is 0.356 e. The lowest BCUT2D eigenvalue weighted by Crippen LogP contribution is -2.22. The lowest BCUT2D eigenvalue weighted by atomic mass is 10.3. The second kappa shape index (κ2) is 4.45. The summed E-state index contributed by atoms with van der Waals surface area (Å²) in [5.41, 5.74) is -0.734. The maximum atomic E-state index is 11.9. The van der Waals surface area contributed by atoms with Gasteiger partial charge in [0.15, 0.2) is 5.69 Å². The third-order valence-corrected chi connectivity index (χ3v) is 1.47. The van der Waals surface area contributed by atoms with Gasteiger partial charge < -0.3 is 10.4 Å². The Hall–Kier alpha value is -2.05. The lowest BCUT2D eigenvalue weighted by Gasteiger charge is -2.05. The van der Waals surface area contributed by atoms with Crippen molar-refractivity contribution in [3.63, 3.8) is 0 Å². The molecule has 0 unspecified atom stereocenters. The van der Waals surface area contributed by atoms with Crippen molar-refractivity contribution >= 4 is 17.6 Å². The van der Waals surface area contributed by atoms with Crippen molar-refractivity contribution in [2.45, 2.75) is 6.43 Å². The number of nitrogens with zero attached hydrogens (tertiary/aromatic N) is 1. The zero-order valence-electron chi connectivity index (χ0n) is 7.28. The maximum absolute atomic E-state index is 11.9. The number of rotatable bonds is 3. The Bertz CT molecular complexity index is 395. The Morgan fingerprint density at radius 3 is 2.67 bits per heavy atom. The summed E-state index contributed by atoms with van der Waals surface area (Å²) in [5, 5.41) is 10.4. The molecule has 1 rings (SSSR count). The van der Waals surface area contributed by atoms with Gasteiger partial charge in [-0.05, 0) is 12.1 Å². The molecule has 0 aliphatic carbocycles. The fourth-order valence-corrected chi connectivity index (χ4v) is 0.864. The largest absolute Gasteiger partial charge is 0.476 e. The van der Waals surface area contributed by atoms with Crippen LogP contribution in [0.2, 0.25) is 0 Å². The Morgan fingerprint density at radius 2 is 2.13 bits per heavy atom. The van der Waals surface area contributed by atoms with Gasteiger partial charge in [-0.2, -0.15) is 8.78 Å². The fraction of sp³-hybridized carbons (Fsp3) is 0.125. The minimum atomic E-state index is -3.20. The van der Waals surface area contributed by atoms with Gasteiger partial charge in [-0.1, -0.05) is 0 Å². The topological polar surface area (TPSA) is 79.3 Å². The first-order valence-corrected chi connectivity index (χ1v) is 3.79. The number of carbonyl (C=O) groups is 2. The molecule has 0 saturated carbocycles. The van der Waals surface area contributed by atoms with Crippen LogP contribution < -0.4 is 5.32 Å². The number of carboxylic acids is 1. The standard InChI is InChI=1S/C8H6F2N2O3/c9-6(10)7(13)12-4-2-1-3-11-5(4)8(14)15/h1-3,6H,(H,12,13)(H,14,15). The molecule has 0 aromatic carbocycles. The van der Waals surface area contributed by atoms with Crippen molar-refractivity contribution in [2.75, 3.05) is 5.32 Å². The average Bonchev–Trinajstić information content (AvgIpc) is 2.18. The van der Waals surface area contributed by atoms with Crippen LogP contribution in [0.3, 0.4) is 0 Å². The van der Waals surface area contributed by atoms with Crippen molar-refractivity contribution in [3.05, 3.63) is 24.0 Å². The molecule has 0 bridgehead atoms. The zero-order chi connectivity index (χ0) is 11.4. The molecule has 1 amide bonds. The summed E-state index contributed by atoms with van der Waals surface area (Å²) in [6.07, 6.45) is -2.02. The molecule has 15 heavy (non-hydrogen) atoms. The molecule has 80 valence electrons. The van der Waals surface area contributed by atoms with Gasteiger partial charge in [0.05, 0.1) is 5.69 Å². The summed E-state index contributed by atoms with van der Waals surface area (Å²) in [6, 6.07) is 2.50. The molecule has 0 radical (unpaired) electrons. The van der Waals surface area contributed by atoms with Gasteiger partial charge in [0.25, 0.3) is 5.91 Å². The van der Waals surface area contributed by atoms with Crippen LogP contribution in [-0.4, -0.2) is 28.4 Å². The van der Waals surface area contributed by atoms with Gasteiger partial charge in [-0.3, -0.25) is 4.79 Å².